The van der Waals surface area contributed by atoms with Crippen molar-refractivity contribution in [2.75, 3.05) is 5.32 Å². The summed E-state index contributed by atoms with van der Waals surface area (Å²) in [6, 6.07) is 6.37. The normalized spacial score (nSPS) is 21.5. The van der Waals surface area contributed by atoms with E-state index < -0.39 is 0 Å². The molecule has 1 aromatic carbocycles. The number of fused-ring (bicyclic) bond motifs is 1. The maximum absolute atomic E-state index is 9.52. The second-order valence-electron chi connectivity index (χ2n) is 3.71. The minimum atomic E-state index is -0.372. The SMILES string of the molecule is Cc1ccc2c(c1)NC(O)CCC2.[HH]. The van der Waals surface area contributed by atoms with E-state index in [1.165, 1.54) is 11.1 Å². The van der Waals surface area contributed by atoms with E-state index in [2.05, 4.69) is 30.4 Å². The molecule has 0 saturated carbocycles. The van der Waals surface area contributed by atoms with Crippen LogP contribution in [0, 0.1) is 6.92 Å². The van der Waals surface area contributed by atoms with E-state index in [4.69, 9.17) is 0 Å². The monoisotopic (exact) mass is 179 g/mol. The zero-order chi connectivity index (χ0) is 9.26. The van der Waals surface area contributed by atoms with Gasteiger partial charge in [0.15, 0.2) is 0 Å². The molecule has 2 nitrogen and oxygen atoms in total. The molecule has 13 heavy (non-hydrogen) atoms. The molecule has 1 aromatic rings. The van der Waals surface area contributed by atoms with Gasteiger partial charge < -0.3 is 10.4 Å². The van der Waals surface area contributed by atoms with Crippen molar-refractivity contribution < 1.29 is 6.53 Å². The van der Waals surface area contributed by atoms with Crippen LogP contribution in [0.25, 0.3) is 0 Å². The van der Waals surface area contributed by atoms with Crippen LogP contribution in [0.5, 0.6) is 0 Å². The molecule has 1 heterocycles. The van der Waals surface area contributed by atoms with E-state index >= 15 is 0 Å². The lowest BCUT2D eigenvalue weighted by Gasteiger charge is -2.12. The number of hydrogen-bond donors (Lipinski definition) is 2. The van der Waals surface area contributed by atoms with E-state index in [0.29, 0.717) is 0 Å². The van der Waals surface area contributed by atoms with Gasteiger partial charge in [-0.05, 0) is 43.4 Å². The van der Waals surface area contributed by atoms with Crippen molar-refractivity contribution in [3.63, 3.8) is 0 Å². The predicted molar refractivity (Wildman–Crippen MR) is 55.9 cm³/mol. The molecule has 1 atom stereocenters. The average molecular weight is 179 g/mol. The van der Waals surface area contributed by atoms with Crippen LogP contribution in [0.1, 0.15) is 25.4 Å². The summed E-state index contributed by atoms with van der Waals surface area (Å²) in [7, 11) is 0. The van der Waals surface area contributed by atoms with Crippen molar-refractivity contribution in [1.82, 2.24) is 0 Å². The number of aliphatic hydroxyl groups is 1. The molecule has 1 aliphatic rings. The quantitative estimate of drug-likeness (QED) is 0.640. The van der Waals surface area contributed by atoms with Gasteiger partial charge in [0, 0.05) is 7.11 Å². The van der Waals surface area contributed by atoms with Crippen molar-refractivity contribution in [3.8, 4) is 0 Å². The van der Waals surface area contributed by atoms with Crippen molar-refractivity contribution in [2.24, 2.45) is 0 Å². The Labute approximate surface area is 80.1 Å². The van der Waals surface area contributed by atoms with Gasteiger partial charge in [0.2, 0.25) is 0 Å². The number of nitrogens with one attached hydrogen (secondary N) is 1. The maximum Gasteiger partial charge on any atom is 0.124 e. The van der Waals surface area contributed by atoms with Crippen LogP contribution < -0.4 is 5.32 Å². The van der Waals surface area contributed by atoms with Gasteiger partial charge in [0.1, 0.15) is 6.23 Å². The summed E-state index contributed by atoms with van der Waals surface area (Å²) >= 11 is 0. The van der Waals surface area contributed by atoms with Crippen molar-refractivity contribution in [1.29, 1.82) is 0 Å². The smallest absolute Gasteiger partial charge is 0.124 e. The first-order chi connectivity index (χ1) is 6.25. The Morgan fingerprint density at radius 3 is 3.23 bits per heavy atom. The Hall–Kier alpha value is -1.02. The first kappa shape index (κ1) is 8.57. The topological polar surface area (TPSA) is 32.3 Å². The average Bonchev–Trinajstić information content (AvgIpc) is 2.25. The van der Waals surface area contributed by atoms with Crippen LogP contribution in [-0.4, -0.2) is 11.3 Å². The molecule has 2 N–H and O–H groups in total. The highest BCUT2D eigenvalue weighted by Gasteiger charge is 2.12. The standard InChI is InChI=1S/C11H15NO.H2/c1-8-5-6-9-3-2-4-11(13)12-10(9)7-8;/h5-7,11-13H,2-4H2,1H3;1H. The minimum Gasteiger partial charge on any atom is -0.374 e. The Morgan fingerprint density at radius 1 is 1.54 bits per heavy atom. The summed E-state index contributed by atoms with van der Waals surface area (Å²) in [5.41, 5.74) is 3.66. The molecular weight excluding hydrogens is 162 g/mol. The van der Waals surface area contributed by atoms with E-state index in [1.54, 1.807) is 0 Å². The lowest BCUT2D eigenvalue weighted by atomic mass is 10.1. The molecule has 1 aliphatic heterocycles. The fourth-order valence-corrected chi connectivity index (χ4v) is 1.78. The van der Waals surface area contributed by atoms with Crippen molar-refractivity contribution in [3.05, 3.63) is 29.3 Å². The minimum absolute atomic E-state index is 0. The highest BCUT2D eigenvalue weighted by atomic mass is 16.3. The predicted octanol–water partition coefficient (Wildman–Crippen LogP) is 2.31. The lowest BCUT2D eigenvalue weighted by Crippen LogP contribution is -2.16. The summed E-state index contributed by atoms with van der Waals surface area (Å²) in [5, 5.41) is 12.6. The van der Waals surface area contributed by atoms with Gasteiger partial charge in [0.25, 0.3) is 0 Å². The Balaban J connectivity index is 0.000000980. The molecule has 0 saturated heterocycles. The fraction of sp³-hybridized carbons (Fsp3) is 0.455. The highest BCUT2D eigenvalue weighted by Crippen LogP contribution is 2.24. The number of rotatable bonds is 0. The molecule has 72 valence electrons. The summed E-state index contributed by atoms with van der Waals surface area (Å²) in [6.07, 6.45) is 2.60. The lowest BCUT2D eigenvalue weighted by molar-refractivity contribution is 0.192. The van der Waals surface area contributed by atoms with E-state index in [1.807, 2.05) is 0 Å². The third-order valence-electron chi connectivity index (χ3n) is 2.51. The zero-order valence-electron chi connectivity index (χ0n) is 7.88. The van der Waals surface area contributed by atoms with Crippen LogP contribution >= 0.6 is 0 Å². The van der Waals surface area contributed by atoms with Gasteiger partial charge in [0.05, 0.1) is 0 Å². The number of hydrogen-bond acceptors (Lipinski definition) is 2. The molecule has 2 heteroatoms. The third-order valence-corrected chi connectivity index (χ3v) is 2.51. The fourth-order valence-electron chi connectivity index (χ4n) is 1.78. The highest BCUT2D eigenvalue weighted by molar-refractivity contribution is 5.54. The van der Waals surface area contributed by atoms with Gasteiger partial charge in [-0.1, -0.05) is 12.1 Å². The molecule has 0 aromatic heterocycles. The molecule has 0 radical (unpaired) electrons. The molecule has 0 spiro atoms. The second-order valence-corrected chi connectivity index (χ2v) is 3.71. The largest absolute Gasteiger partial charge is 0.374 e. The van der Waals surface area contributed by atoms with Gasteiger partial charge in [-0.3, -0.25) is 0 Å². The van der Waals surface area contributed by atoms with E-state index in [-0.39, 0.29) is 7.65 Å². The number of aliphatic hydroxyl groups excluding tert-OH is 1. The Morgan fingerprint density at radius 2 is 2.38 bits per heavy atom. The third kappa shape index (κ3) is 1.83. The first-order valence-corrected chi connectivity index (χ1v) is 4.80. The zero-order valence-corrected chi connectivity index (χ0v) is 7.88. The Kier molecular flexibility index (Phi) is 2.23. The van der Waals surface area contributed by atoms with Crippen molar-refractivity contribution in [2.45, 2.75) is 32.4 Å². The summed E-state index contributed by atoms with van der Waals surface area (Å²) in [5.74, 6) is 0. The van der Waals surface area contributed by atoms with Gasteiger partial charge in [-0.25, -0.2) is 0 Å². The van der Waals surface area contributed by atoms with Crippen LogP contribution in [-0.2, 0) is 6.42 Å². The van der Waals surface area contributed by atoms with Crippen molar-refractivity contribution >= 4 is 5.69 Å². The number of aryl methyl sites for hydroxylation is 2. The van der Waals surface area contributed by atoms with E-state index in [0.717, 1.165) is 24.9 Å². The molecule has 2 rings (SSSR count). The van der Waals surface area contributed by atoms with Crippen LogP contribution in [0.15, 0.2) is 18.2 Å². The molecule has 1 unspecified atom stereocenters. The summed E-state index contributed by atoms with van der Waals surface area (Å²) in [4.78, 5) is 0. The number of anilines is 1. The first-order valence-electron chi connectivity index (χ1n) is 4.80. The summed E-state index contributed by atoms with van der Waals surface area (Å²) < 4.78 is 0. The van der Waals surface area contributed by atoms with Gasteiger partial charge in [-0.15, -0.1) is 0 Å². The summed E-state index contributed by atoms with van der Waals surface area (Å²) in [6.45, 7) is 2.07. The van der Waals surface area contributed by atoms with Gasteiger partial charge >= 0.3 is 0 Å². The van der Waals surface area contributed by atoms with Crippen LogP contribution in [0.3, 0.4) is 0 Å². The molecular formula is C11H17NO. The molecule has 0 amide bonds. The second kappa shape index (κ2) is 3.38. The molecule has 0 aliphatic carbocycles. The molecule has 0 bridgehead atoms. The van der Waals surface area contributed by atoms with E-state index in [9.17, 15) is 5.11 Å². The van der Waals surface area contributed by atoms with Crippen LogP contribution in [0.4, 0.5) is 5.69 Å². The Bertz CT molecular complexity index is 314. The van der Waals surface area contributed by atoms with Crippen LogP contribution in [0.2, 0.25) is 0 Å². The van der Waals surface area contributed by atoms with Gasteiger partial charge in [-0.2, -0.15) is 0 Å². The maximum atomic E-state index is 9.52. The number of benzene rings is 1. The molecule has 0 fully saturated rings.